The van der Waals surface area contributed by atoms with E-state index in [1.165, 1.54) is 30.1 Å². The van der Waals surface area contributed by atoms with E-state index in [1.54, 1.807) is 5.38 Å². The minimum Gasteiger partial charge on any atom is -0.476 e. The molecule has 12 nitrogen and oxygen atoms in total. The highest BCUT2D eigenvalue weighted by molar-refractivity contribution is 8.00. The van der Waals surface area contributed by atoms with Crippen LogP contribution in [-0.2, 0) is 11.3 Å². The summed E-state index contributed by atoms with van der Waals surface area (Å²) in [7, 11) is 0. The third-order valence-corrected chi connectivity index (χ3v) is 6.41. The quantitative estimate of drug-likeness (QED) is 0.178. The summed E-state index contributed by atoms with van der Waals surface area (Å²) < 4.78 is 7.03. The number of nitrogens with one attached hydrogen (secondary N) is 1. The number of carboxylic acids is 1. The highest BCUT2D eigenvalue weighted by Gasteiger charge is 2.30. The lowest BCUT2D eigenvalue weighted by Crippen LogP contribution is -2.39. The number of carbonyl (C=O) groups is 1. The molecule has 0 saturated carbocycles. The number of hydrogen-bond donors (Lipinski definition) is 5. The third-order valence-electron chi connectivity index (χ3n) is 4.32. The Morgan fingerprint density at radius 1 is 1.42 bits per heavy atom. The minimum atomic E-state index is -1.30. The van der Waals surface area contributed by atoms with Crippen molar-refractivity contribution in [1.29, 1.82) is 0 Å². The lowest BCUT2D eigenvalue weighted by atomic mass is 10.2. The van der Waals surface area contributed by atoms with Gasteiger partial charge in [-0.05, 0) is 13.0 Å². The molecule has 0 fully saturated rings. The molecule has 15 heteroatoms. The highest BCUT2D eigenvalue weighted by Crippen LogP contribution is 2.32. The first-order valence-corrected chi connectivity index (χ1v) is 11.6. The fourth-order valence-electron chi connectivity index (χ4n) is 2.67. The Balaban J connectivity index is 1.84. The zero-order valence-corrected chi connectivity index (χ0v) is 19.4. The number of H-pyrrole nitrogens is 1. The van der Waals surface area contributed by atoms with Crippen LogP contribution in [0.1, 0.15) is 17.4 Å². The van der Waals surface area contributed by atoms with E-state index in [9.17, 15) is 30.0 Å². The number of halogens is 1. The second kappa shape index (κ2) is 11.2. The molecule has 3 heterocycles. The van der Waals surface area contributed by atoms with Gasteiger partial charge in [0.2, 0.25) is 0 Å². The van der Waals surface area contributed by atoms with E-state index in [1.807, 2.05) is 0 Å². The minimum absolute atomic E-state index is 0.122. The third kappa shape index (κ3) is 6.60. The molecule has 2 unspecified atom stereocenters. The second-order valence-corrected chi connectivity index (χ2v) is 9.26. The fraction of sp³-hybridized carbons (Fsp3) is 0.389. The predicted molar refractivity (Wildman–Crippen MR) is 119 cm³/mol. The van der Waals surface area contributed by atoms with Crippen molar-refractivity contribution < 1.29 is 30.0 Å². The summed E-state index contributed by atoms with van der Waals surface area (Å²) in [4.78, 5) is 29.2. The van der Waals surface area contributed by atoms with E-state index in [0.29, 0.717) is 11.4 Å². The monoisotopic (exact) mass is 517 g/mol. The molecular formula is C18H20ClN5O7S2. The molecule has 0 bridgehead atoms. The van der Waals surface area contributed by atoms with Crippen molar-refractivity contribution in [3.63, 3.8) is 0 Å². The Labute approximate surface area is 199 Å². The summed E-state index contributed by atoms with van der Waals surface area (Å²) in [6.07, 6.45) is -0.737. The van der Waals surface area contributed by atoms with Gasteiger partial charge in [-0.15, -0.1) is 5.10 Å². The van der Waals surface area contributed by atoms with Crippen molar-refractivity contribution in [2.75, 3.05) is 6.61 Å². The average Bonchev–Trinajstić information content (AvgIpc) is 3.39. The number of ether oxygens (including phenoxy) is 1. The molecular weight excluding hydrogens is 498 g/mol. The van der Waals surface area contributed by atoms with Crippen LogP contribution < -0.4 is 4.87 Å². The molecule has 5 N–H and O–H groups in total. The molecule has 4 atom stereocenters. The van der Waals surface area contributed by atoms with Gasteiger partial charge < -0.3 is 30.1 Å². The van der Waals surface area contributed by atoms with E-state index in [-0.39, 0.29) is 27.0 Å². The van der Waals surface area contributed by atoms with Crippen LogP contribution in [0.15, 0.2) is 33.5 Å². The molecule has 0 saturated heterocycles. The van der Waals surface area contributed by atoms with Crippen molar-refractivity contribution in [2.24, 2.45) is 0 Å². The van der Waals surface area contributed by atoms with Gasteiger partial charge in [-0.1, -0.05) is 39.9 Å². The lowest BCUT2D eigenvalue weighted by Gasteiger charge is -2.28. The van der Waals surface area contributed by atoms with E-state index < -0.39 is 36.3 Å². The first-order chi connectivity index (χ1) is 15.7. The van der Waals surface area contributed by atoms with E-state index in [0.717, 1.165) is 23.1 Å². The summed E-state index contributed by atoms with van der Waals surface area (Å²) in [5.41, 5.74) is -0.593. The summed E-state index contributed by atoms with van der Waals surface area (Å²) >= 11 is 7.76. The van der Waals surface area contributed by atoms with Crippen LogP contribution in [0.25, 0.3) is 11.4 Å². The molecule has 0 amide bonds. The van der Waals surface area contributed by atoms with Crippen LogP contribution in [0.2, 0.25) is 5.02 Å². The molecule has 0 aliphatic rings. The van der Waals surface area contributed by atoms with Crippen LogP contribution in [0.3, 0.4) is 0 Å². The van der Waals surface area contributed by atoms with E-state index in [2.05, 4.69) is 20.3 Å². The molecule has 0 spiro atoms. The smallest absolute Gasteiger partial charge is 0.355 e. The Kier molecular flexibility index (Phi) is 8.58. The van der Waals surface area contributed by atoms with Crippen LogP contribution >= 0.6 is 34.7 Å². The topological polar surface area (TPSA) is 184 Å². The van der Waals surface area contributed by atoms with Crippen LogP contribution in [-0.4, -0.2) is 81.7 Å². The molecule has 0 aliphatic carbocycles. The molecule has 0 aliphatic heterocycles. The van der Waals surface area contributed by atoms with E-state index >= 15 is 0 Å². The molecule has 178 valence electrons. The SMILES string of the molecule is C[C@@H](O)C(CO)OC(Sc1cc(Cl)cnc1C(=O)O)[C@@H](O)Cn1cc(-c2csc(=O)[nH]2)nn1. The fourth-order valence-corrected chi connectivity index (χ4v) is 4.60. The van der Waals surface area contributed by atoms with Crippen LogP contribution in [0.4, 0.5) is 0 Å². The van der Waals surface area contributed by atoms with Gasteiger partial charge >= 0.3 is 10.8 Å². The number of aliphatic hydroxyl groups excluding tert-OH is 3. The van der Waals surface area contributed by atoms with Crippen molar-refractivity contribution in [3.8, 4) is 11.4 Å². The first kappa shape index (κ1) is 25.3. The Morgan fingerprint density at radius 3 is 2.79 bits per heavy atom. The van der Waals surface area contributed by atoms with Gasteiger partial charge in [-0.25, -0.2) is 14.5 Å². The maximum Gasteiger partial charge on any atom is 0.355 e. The molecule has 3 aromatic rings. The molecule has 0 radical (unpaired) electrons. The molecule has 33 heavy (non-hydrogen) atoms. The van der Waals surface area contributed by atoms with Gasteiger partial charge in [-0.2, -0.15) is 0 Å². The number of thiazole rings is 1. The van der Waals surface area contributed by atoms with Crippen LogP contribution in [0, 0.1) is 0 Å². The van der Waals surface area contributed by atoms with Gasteiger partial charge in [0.1, 0.15) is 23.3 Å². The normalized spacial score (nSPS) is 15.2. The second-order valence-electron chi connectivity index (χ2n) is 6.84. The number of aromatic amines is 1. The largest absolute Gasteiger partial charge is 0.476 e. The van der Waals surface area contributed by atoms with Gasteiger partial charge in [0.25, 0.3) is 0 Å². The van der Waals surface area contributed by atoms with Crippen LogP contribution in [0.5, 0.6) is 0 Å². The number of aliphatic hydroxyl groups is 3. The van der Waals surface area contributed by atoms with E-state index in [4.69, 9.17) is 16.3 Å². The number of rotatable bonds is 11. The number of aromatic nitrogens is 5. The van der Waals surface area contributed by atoms with Gasteiger partial charge in [0.15, 0.2) is 5.69 Å². The van der Waals surface area contributed by atoms with Gasteiger partial charge in [-0.3, -0.25) is 4.79 Å². The van der Waals surface area contributed by atoms with Crippen molar-refractivity contribution >= 4 is 40.7 Å². The molecule has 3 aromatic heterocycles. The van der Waals surface area contributed by atoms with Crippen molar-refractivity contribution in [3.05, 3.63) is 44.2 Å². The predicted octanol–water partition coefficient (Wildman–Crippen LogP) is 0.679. The molecule has 3 rings (SSSR count). The Morgan fingerprint density at radius 2 is 2.18 bits per heavy atom. The average molecular weight is 518 g/mol. The number of aromatic carboxylic acids is 1. The Bertz CT molecular complexity index is 1150. The zero-order chi connectivity index (χ0) is 24.1. The van der Waals surface area contributed by atoms with Crippen molar-refractivity contribution in [2.45, 2.75) is 42.1 Å². The maximum atomic E-state index is 11.6. The number of pyridine rings is 1. The zero-order valence-electron chi connectivity index (χ0n) is 17.0. The lowest BCUT2D eigenvalue weighted by molar-refractivity contribution is -0.0972. The van der Waals surface area contributed by atoms with Gasteiger partial charge in [0, 0.05) is 16.5 Å². The summed E-state index contributed by atoms with van der Waals surface area (Å²) in [6, 6.07) is 1.36. The maximum absolute atomic E-state index is 11.6. The number of thioether (sulfide) groups is 1. The Hall–Kier alpha value is -2.33. The number of hydrogen-bond acceptors (Lipinski definition) is 11. The summed E-state index contributed by atoms with van der Waals surface area (Å²) in [5.74, 6) is -1.30. The van der Waals surface area contributed by atoms with Gasteiger partial charge in [0.05, 0.1) is 36.2 Å². The van der Waals surface area contributed by atoms with Crippen molar-refractivity contribution in [1.82, 2.24) is 25.0 Å². The first-order valence-electron chi connectivity index (χ1n) is 9.44. The standard InChI is InChI=1S/C18H20ClN5O7S2/c1-8(26)13(6-25)31-17(33-14-2-9(19)3-20-15(14)16(28)29)12(27)5-24-4-10(22-23-24)11-7-32-18(30)21-11/h2-4,7-8,12-13,17,25-27H,5-6H2,1H3,(H,21,30)(H,28,29)/t8-,12+,13?,17?/m1/s1. The summed E-state index contributed by atoms with van der Waals surface area (Å²) in [6.45, 7) is 0.733. The number of nitrogens with zero attached hydrogens (tertiary/aromatic N) is 4. The summed E-state index contributed by atoms with van der Waals surface area (Å²) in [5, 5.41) is 49.3. The number of carboxylic acid groups (broad SMARTS) is 1. The highest BCUT2D eigenvalue weighted by atomic mass is 35.5. The molecule has 0 aromatic carbocycles.